The number of alkyl halides is 3. The maximum absolute atomic E-state index is 12.4. The zero-order valence-electron chi connectivity index (χ0n) is 9.50. The Kier molecular flexibility index (Phi) is 3.04. The Labute approximate surface area is 102 Å². The highest BCUT2D eigenvalue weighted by molar-refractivity contribution is 5.69. The summed E-state index contributed by atoms with van der Waals surface area (Å²) < 4.78 is 37.2. The van der Waals surface area contributed by atoms with Crippen molar-refractivity contribution in [3.05, 3.63) is 29.6 Å². The Morgan fingerprint density at radius 2 is 2.06 bits per heavy atom. The summed E-state index contributed by atoms with van der Waals surface area (Å²) in [5.74, 6) is -0.948. The second kappa shape index (κ2) is 4.26. The molecular formula is C12H12F3NO2. The molecule has 0 aromatic carbocycles. The maximum atomic E-state index is 12.4. The molecule has 98 valence electrons. The Morgan fingerprint density at radius 1 is 1.39 bits per heavy atom. The average Bonchev–Trinajstić information content (AvgIpc) is 2.22. The minimum atomic E-state index is -4.41. The first-order valence-electron chi connectivity index (χ1n) is 5.59. The zero-order valence-corrected chi connectivity index (χ0v) is 9.50. The number of carboxylic acids is 1. The van der Waals surface area contributed by atoms with Crippen LogP contribution in [0.1, 0.15) is 36.9 Å². The summed E-state index contributed by atoms with van der Waals surface area (Å²) in [4.78, 5) is 14.6. The summed E-state index contributed by atoms with van der Waals surface area (Å²) in [7, 11) is 0. The van der Waals surface area contributed by atoms with Crippen LogP contribution in [-0.4, -0.2) is 16.1 Å². The monoisotopic (exact) mass is 259 g/mol. The summed E-state index contributed by atoms with van der Waals surface area (Å²) >= 11 is 0. The van der Waals surface area contributed by atoms with E-state index in [9.17, 15) is 18.0 Å². The Morgan fingerprint density at radius 3 is 2.39 bits per heavy atom. The van der Waals surface area contributed by atoms with Gasteiger partial charge in [0.2, 0.25) is 0 Å². The molecule has 1 aromatic rings. The molecule has 1 aliphatic carbocycles. The van der Waals surface area contributed by atoms with Crippen molar-refractivity contribution in [3.63, 3.8) is 0 Å². The lowest BCUT2D eigenvalue weighted by molar-refractivity contribution is -0.140. The molecule has 3 nitrogen and oxygen atoms in total. The fourth-order valence-electron chi connectivity index (χ4n) is 2.29. The van der Waals surface area contributed by atoms with Crippen LogP contribution >= 0.6 is 0 Å². The molecule has 0 radical (unpaired) electrons. The molecular weight excluding hydrogens is 247 g/mol. The Bertz CT molecular complexity index is 449. The van der Waals surface area contributed by atoms with Gasteiger partial charge in [0.05, 0.1) is 12.0 Å². The number of rotatable bonds is 3. The molecule has 1 aromatic heterocycles. The number of hydrogen-bond acceptors (Lipinski definition) is 2. The number of carboxylic acid groups (broad SMARTS) is 1. The summed E-state index contributed by atoms with van der Waals surface area (Å²) in [5, 5.41) is 8.85. The molecule has 0 saturated heterocycles. The number of halogens is 3. The van der Waals surface area contributed by atoms with Gasteiger partial charge in [-0.05, 0) is 25.0 Å². The van der Waals surface area contributed by atoms with Crippen LogP contribution in [0.15, 0.2) is 18.3 Å². The third-order valence-corrected chi connectivity index (χ3v) is 3.43. The first-order chi connectivity index (χ1) is 8.33. The van der Waals surface area contributed by atoms with E-state index in [1.54, 1.807) is 0 Å². The van der Waals surface area contributed by atoms with Crippen molar-refractivity contribution in [2.24, 2.45) is 0 Å². The van der Waals surface area contributed by atoms with Crippen LogP contribution in [0.3, 0.4) is 0 Å². The fraction of sp³-hybridized carbons (Fsp3) is 0.500. The van der Waals surface area contributed by atoms with Crippen LogP contribution in [0.2, 0.25) is 0 Å². The van der Waals surface area contributed by atoms with Gasteiger partial charge in [-0.1, -0.05) is 6.42 Å². The third kappa shape index (κ3) is 2.32. The number of nitrogens with zero attached hydrogens (tertiary/aromatic N) is 1. The topological polar surface area (TPSA) is 50.2 Å². The summed E-state index contributed by atoms with van der Waals surface area (Å²) in [6, 6.07) is 2.26. The number of hydrogen-bond donors (Lipinski definition) is 1. The van der Waals surface area contributed by atoms with Crippen molar-refractivity contribution in [1.29, 1.82) is 0 Å². The van der Waals surface area contributed by atoms with Gasteiger partial charge in [0.1, 0.15) is 0 Å². The second-order valence-corrected chi connectivity index (χ2v) is 4.63. The molecule has 0 spiro atoms. The first-order valence-corrected chi connectivity index (χ1v) is 5.59. The van der Waals surface area contributed by atoms with E-state index < -0.39 is 23.1 Å². The van der Waals surface area contributed by atoms with E-state index in [-0.39, 0.29) is 6.42 Å². The van der Waals surface area contributed by atoms with Gasteiger partial charge < -0.3 is 5.11 Å². The number of aliphatic carboxylic acids is 1. The molecule has 1 heterocycles. The predicted octanol–water partition coefficient (Wildman–Crippen LogP) is 3.00. The molecule has 2 rings (SSSR count). The van der Waals surface area contributed by atoms with Crippen molar-refractivity contribution < 1.29 is 23.1 Å². The Hall–Kier alpha value is -1.59. The molecule has 1 saturated carbocycles. The summed E-state index contributed by atoms with van der Waals surface area (Å²) in [6.45, 7) is 0. The fourth-order valence-corrected chi connectivity index (χ4v) is 2.29. The molecule has 0 amide bonds. The number of aromatic nitrogens is 1. The summed E-state index contributed by atoms with van der Waals surface area (Å²) in [6.07, 6.45) is -1.50. The molecule has 18 heavy (non-hydrogen) atoms. The number of pyridine rings is 1. The van der Waals surface area contributed by atoms with Crippen molar-refractivity contribution in [1.82, 2.24) is 4.98 Å². The van der Waals surface area contributed by atoms with Gasteiger partial charge in [-0.25, -0.2) is 0 Å². The van der Waals surface area contributed by atoms with Crippen molar-refractivity contribution in [3.8, 4) is 0 Å². The van der Waals surface area contributed by atoms with E-state index >= 15 is 0 Å². The molecule has 0 unspecified atom stereocenters. The van der Waals surface area contributed by atoms with Gasteiger partial charge in [0.15, 0.2) is 0 Å². The van der Waals surface area contributed by atoms with E-state index in [2.05, 4.69) is 4.98 Å². The van der Waals surface area contributed by atoms with Crippen molar-refractivity contribution in [2.45, 2.75) is 37.3 Å². The highest BCUT2D eigenvalue weighted by atomic mass is 19.4. The van der Waals surface area contributed by atoms with Crippen LogP contribution in [0.25, 0.3) is 0 Å². The highest BCUT2D eigenvalue weighted by Crippen LogP contribution is 2.46. The van der Waals surface area contributed by atoms with Crippen molar-refractivity contribution in [2.75, 3.05) is 0 Å². The van der Waals surface area contributed by atoms with Gasteiger partial charge in [0, 0.05) is 17.3 Å². The van der Waals surface area contributed by atoms with Gasteiger partial charge >= 0.3 is 12.1 Å². The molecule has 0 bridgehead atoms. The van der Waals surface area contributed by atoms with E-state index in [0.29, 0.717) is 18.5 Å². The molecule has 1 fully saturated rings. The van der Waals surface area contributed by atoms with E-state index in [1.807, 2.05) is 0 Å². The van der Waals surface area contributed by atoms with Gasteiger partial charge in [-0.3, -0.25) is 9.78 Å². The van der Waals surface area contributed by atoms with Gasteiger partial charge in [0.25, 0.3) is 0 Å². The molecule has 0 aliphatic heterocycles. The minimum Gasteiger partial charge on any atom is -0.481 e. The van der Waals surface area contributed by atoms with Crippen molar-refractivity contribution >= 4 is 5.97 Å². The van der Waals surface area contributed by atoms with Crippen LogP contribution in [0.5, 0.6) is 0 Å². The first kappa shape index (κ1) is 12.9. The van der Waals surface area contributed by atoms with Crippen LogP contribution in [0.4, 0.5) is 13.2 Å². The third-order valence-electron chi connectivity index (χ3n) is 3.43. The molecule has 1 aliphatic rings. The normalized spacial score (nSPS) is 18.2. The quantitative estimate of drug-likeness (QED) is 0.907. The highest BCUT2D eigenvalue weighted by Gasteiger charge is 2.42. The SMILES string of the molecule is O=C(O)CC1(c2ccc(C(F)(F)F)cn2)CCC1. The maximum Gasteiger partial charge on any atom is 0.417 e. The van der Waals surface area contributed by atoms with Gasteiger partial charge in [-0.15, -0.1) is 0 Å². The van der Waals surface area contributed by atoms with E-state index in [0.717, 1.165) is 18.7 Å². The lowest BCUT2D eigenvalue weighted by Crippen LogP contribution is -2.37. The zero-order chi connectivity index (χ0) is 13.4. The van der Waals surface area contributed by atoms with Crippen LogP contribution in [0, 0.1) is 0 Å². The molecule has 6 heteroatoms. The number of carbonyl (C=O) groups is 1. The average molecular weight is 259 g/mol. The lowest BCUT2D eigenvalue weighted by Gasteiger charge is -2.40. The summed E-state index contributed by atoms with van der Waals surface area (Å²) in [5.41, 5.74) is -0.934. The second-order valence-electron chi connectivity index (χ2n) is 4.63. The molecule has 0 atom stereocenters. The lowest BCUT2D eigenvalue weighted by atomic mass is 9.64. The van der Waals surface area contributed by atoms with E-state index in [4.69, 9.17) is 5.11 Å². The van der Waals surface area contributed by atoms with Crippen LogP contribution < -0.4 is 0 Å². The minimum absolute atomic E-state index is 0.0780. The van der Waals surface area contributed by atoms with Gasteiger partial charge in [-0.2, -0.15) is 13.2 Å². The predicted molar refractivity (Wildman–Crippen MR) is 57.0 cm³/mol. The van der Waals surface area contributed by atoms with Crippen LogP contribution in [-0.2, 0) is 16.4 Å². The molecule has 1 N–H and O–H groups in total. The Balaban J connectivity index is 2.25. The smallest absolute Gasteiger partial charge is 0.417 e. The largest absolute Gasteiger partial charge is 0.481 e. The van der Waals surface area contributed by atoms with E-state index in [1.165, 1.54) is 6.07 Å². The standard InChI is InChI=1S/C12H12F3NO2/c13-12(14,15)8-2-3-9(16-7-8)11(4-1-5-11)6-10(17)18/h2-3,7H,1,4-6H2,(H,17,18).